The summed E-state index contributed by atoms with van der Waals surface area (Å²) in [5.74, 6) is -3.20. The van der Waals surface area contributed by atoms with Crippen LogP contribution in [0, 0.1) is 0 Å². The van der Waals surface area contributed by atoms with E-state index in [4.69, 9.17) is 23.7 Å². The van der Waals surface area contributed by atoms with Gasteiger partial charge in [-0.25, -0.2) is 4.79 Å². The summed E-state index contributed by atoms with van der Waals surface area (Å²) in [5.41, 5.74) is 1.01. The van der Waals surface area contributed by atoms with Gasteiger partial charge in [-0.05, 0) is 56.0 Å². The number of nitrogens with zero attached hydrogens (tertiary/aromatic N) is 1. The summed E-state index contributed by atoms with van der Waals surface area (Å²) in [5, 5.41) is 44.8. The van der Waals surface area contributed by atoms with Gasteiger partial charge in [-0.15, -0.1) is 0 Å². The van der Waals surface area contributed by atoms with E-state index in [0.717, 1.165) is 10.5 Å². The van der Waals surface area contributed by atoms with Crippen molar-refractivity contribution in [3.05, 3.63) is 32.7 Å². The molecule has 17 nitrogen and oxygen atoms in total. The largest absolute Gasteiger partial charge is 0.479 e. The minimum atomic E-state index is -1.88. The minimum Gasteiger partial charge on any atom is -0.479 e. The van der Waals surface area contributed by atoms with E-state index in [1.165, 1.54) is 6.07 Å². The molecule has 1 aromatic rings. The summed E-state index contributed by atoms with van der Waals surface area (Å²) in [7, 11) is 0. The van der Waals surface area contributed by atoms with Crippen LogP contribution in [0.5, 0.6) is 5.75 Å². The Morgan fingerprint density at radius 3 is 2.08 bits per heavy atom. The van der Waals surface area contributed by atoms with Gasteiger partial charge in [0.25, 0.3) is 11.8 Å². The zero-order chi connectivity index (χ0) is 36.1. The molecule has 0 aromatic heterocycles. The van der Waals surface area contributed by atoms with Crippen molar-refractivity contribution in [1.29, 1.82) is 0 Å². The van der Waals surface area contributed by atoms with Crippen molar-refractivity contribution in [2.24, 2.45) is 0 Å². The molecule has 6 N–H and O–H groups in total. The number of anilines is 1. The number of aryl methyl sites for hydroxylation is 1. The molecule has 2 aliphatic rings. The van der Waals surface area contributed by atoms with Gasteiger partial charge in [0.1, 0.15) is 33.0 Å². The van der Waals surface area contributed by atoms with Gasteiger partial charge in [0.05, 0.1) is 51.9 Å². The Morgan fingerprint density at radius 2 is 1.47 bits per heavy atom. The number of amides is 4. The third-order valence-electron chi connectivity index (χ3n) is 7.19. The van der Waals surface area contributed by atoms with Gasteiger partial charge >= 0.3 is 5.97 Å². The van der Waals surface area contributed by atoms with Crippen LogP contribution in [0.1, 0.15) is 25.3 Å². The van der Waals surface area contributed by atoms with Gasteiger partial charge in [0.2, 0.25) is 18.1 Å². The number of aliphatic carboxylic acids is 1. The molecule has 19 heteroatoms. The summed E-state index contributed by atoms with van der Waals surface area (Å²) >= 11 is 6.11. The average Bonchev–Trinajstić information content (AvgIpc) is 3.25. The monoisotopic (exact) mass is 823 g/mol. The first-order chi connectivity index (χ1) is 23.3. The topological polar surface area (TPSA) is 240 Å². The summed E-state index contributed by atoms with van der Waals surface area (Å²) < 4.78 is 27.3. The molecule has 0 spiro atoms. The number of carbonyl (C=O) groups is 5. The third kappa shape index (κ3) is 11.8. The fourth-order valence-corrected chi connectivity index (χ4v) is 5.24. The van der Waals surface area contributed by atoms with Gasteiger partial charge in [0, 0.05) is 19.4 Å². The molecule has 0 aliphatic carbocycles. The molecule has 2 heterocycles. The predicted molar refractivity (Wildman–Crippen MR) is 176 cm³/mol. The molecule has 5 atom stereocenters. The van der Waals surface area contributed by atoms with Crippen molar-refractivity contribution >= 4 is 67.1 Å². The SMILES string of the molecule is CCc1ccc(O[C@@H]2O[C@H](C(=O)O)[C@@H](O)[C@H](O)[C@H]2O)c(NC(=O)CCNC(=O)CCOCCOCCOCCN2C(=O)C(Br)=C(Br)C2=O)c1. The van der Waals surface area contributed by atoms with Crippen molar-refractivity contribution in [3.8, 4) is 5.75 Å². The van der Waals surface area contributed by atoms with Crippen LogP contribution in [0.4, 0.5) is 5.69 Å². The van der Waals surface area contributed by atoms with Crippen LogP contribution in [0.3, 0.4) is 0 Å². The standard InChI is InChI=1S/C30H39Br2N3O14/c1-2-16-3-4-18(48-30-25(40)23(38)24(39)26(49-30)29(43)44)17(15-16)34-20(37)5-7-33-19(36)6-9-45-11-13-47-14-12-46-10-8-35-27(41)21(31)22(32)28(35)42/h3-4,15,23-26,30,38-40H,2,5-14H2,1H3,(H,33,36)(H,34,37)(H,43,44)/t23-,24-,25+,26-,30+/m0/s1. The molecule has 0 saturated carbocycles. The highest BCUT2D eigenvalue weighted by atomic mass is 79.9. The average molecular weight is 825 g/mol. The van der Waals surface area contributed by atoms with E-state index < -0.39 is 54.4 Å². The Hall–Kier alpha value is -3.01. The smallest absolute Gasteiger partial charge is 0.335 e. The number of hydrogen-bond donors (Lipinski definition) is 6. The molecule has 0 unspecified atom stereocenters. The molecule has 49 heavy (non-hydrogen) atoms. The van der Waals surface area contributed by atoms with Crippen molar-refractivity contribution in [1.82, 2.24) is 10.2 Å². The Bertz CT molecular complexity index is 1360. The molecule has 1 aromatic carbocycles. The van der Waals surface area contributed by atoms with E-state index in [2.05, 4.69) is 42.5 Å². The Kier molecular flexibility index (Phi) is 16.5. The zero-order valence-corrected chi connectivity index (χ0v) is 29.6. The fourth-order valence-electron chi connectivity index (χ4n) is 4.47. The molecule has 272 valence electrons. The number of aliphatic hydroxyl groups is 3. The number of nitrogens with one attached hydrogen (secondary N) is 2. The van der Waals surface area contributed by atoms with Crippen LogP contribution in [0.15, 0.2) is 27.2 Å². The second-order valence-corrected chi connectivity index (χ2v) is 12.2. The lowest BCUT2D eigenvalue weighted by molar-refractivity contribution is -0.271. The Morgan fingerprint density at radius 1 is 0.857 bits per heavy atom. The number of hydrogen-bond acceptors (Lipinski definition) is 13. The van der Waals surface area contributed by atoms with Gasteiger partial charge in [0.15, 0.2) is 6.10 Å². The number of benzene rings is 1. The van der Waals surface area contributed by atoms with Gasteiger partial charge in [-0.2, -0.15) is 0 Å². The summed E-state index contributed by atoms with van der Waals surface area (Å²) in [4.78, 5) is 61.1. The number of carboxylic acid groups (broad SMARTS) is 1. The van der Waals surface area contributed by atoms with Crippen molar-refractivity contribution in [2.75, 3.05) is 58.0 Å². The van der Waals surface area contributed by atoms with E-state index in [1.807, 2.05) is 6.92 Å². The Balaban J connectivity index is 1.28. The first-order valence-corrected chi connectivity index (χ1v) is 16.9. The zero-order valence-electron chi connectivity index (χ0n) is 26.5. The van der Waals surface area contributed by atoms with E-state index in [-0.39, 0.29) is 91.9 Å². The second kappa shape index (κ2) is 20.0. The molecular formula is C30H39Br2N3O14. The first-order valence-electron chi connectivity index (χ1n) is 15.3. The fraction of sp³-hybridized carbons (Fsp3) is 0.567. The van der Waals surface area contributed by atoms with Crippen molar-refractivity contribution in [2.45, 2.75) is 56.9 Å². The van der Waals surface area contributed by atoms with Crippen LogP contribution in [0.25, 0.3) is 0 Å². The van der Waals surface area contributed by atoms with E-state index in [9.17, 15) is 44.4 Å². The maximum Gasteiger partial charge on any atom is 0.335 e. The summed E-state index contributed by atoms with van der Waals surface area (Å²) in [6.45, 7) is 3.33. The number of imide groups is 1. The molecular weight excluding hydrogens is 786 g/mol. The highest BCUT2D eigenvalue weighted by molar-refractivity contribution is 9.14. The normalized spacial score (nSPS) is 22.4. The summed E-state index contributed by atoms with van der Waals surface area (Å²) in [6.07, 6.45) is -8.46. The number of carboxylic acids is 1. The molecule has 3 rings (SSSR count). The first kappa shape index (κ1) is 40.4. The van der Waals surface area contributed by atoms with Gasteiger partial charge in [-0.1, -0.05) is 13.0 Å². The lowest BCUT2D eigenvalue weighted by atomic mass is 9.99. The lowest BCUT2D eigenvalue weighted by Crippen LogP contribution is -2.61. The quantitative estimate of drug-likeness (QED) is 0.0737. The van der Waals surface area contributed by atoms with E-state index in [0.29, 0.717) is 6.42 Å². The molecule has 0 bridgehead atoms. The van der Waals surface area contributed by atoms with E-state index in [1.54, 1.807) is 12.1 Å². The maximum atomic E-state index is 12.7. The summed E-state index contributed by atoms with van der Waals surface area (Å²) in [6, 6.07) is 4.79. The highest BCUT2D eigenvalue weighted by Gasteiger charge is 2.48. The third-order valence-corrected chi connectivity index (χ3v) is 9.20. The van der Waals surface area contributed by atoms with Crippen LogP contribution in [-0.2, 0) is 49.3 Å². The molecule has 2 aliphatic heterocycles. The number of aliphatic hydroxyl groups excluding tert-OH is 3. The molecule has 4 amide bonds. The molecule has 0 radical (unpaired) electrons. The van der Waals surface area contributed by atoms with Crippen LogP contribution >= 0.6 is 31.9 Å². The molecule has 1 saturated heterocycles. The van der Waals surface area contributed by atoms with E-state index >= 15 is 0 Å². The van der Waals surface area contributed by atoms with Crippen molar-refractivity contribution in [3.63, 3.8) is 0 Å². The highest BCUT2D eigenvalue weighted by Crippen LogP contribution is 2.31. The Labute approximate surface area is 298 Å². The number of ether oxygens (including phenoxy) is 5. The number of halogens is 2. The lowest BCUT2D eigenvalue weighted by Gasteiger charge is -2.38. The minimum absolute atomic E-state index is 0.0211. The van der Waals surface area contributed by atoms with Crippen LogP contribution < -0.4 is 15.4 Å². The van der Waals surface area contributed by atoms with Gasteiger partial charge < -0.3 is 54.7 Å². The second-order valence-electron chi connectivity index (χ2n) is 10.7. The predicted octanol–water partition coefficient (Wildman–Crippen LogP) is -0.225. The van der Waals surface area contributed by atoms with Crippen LogP contribution in [0.2, 0.25) is 0 Å². The molecule has 1 fully saturated rings. The van der Waals surface area contributed by atoms with Crippen LogP contribution in [-0.4, -0.2) is 138 Å². The van der Waals surface area contributed by atoms with Gasteiger partial charge in [-0.3, -0.25) is 24.1 Å². The number of carbonyl (C=O) groups excluding carboxylic acids is 4. The number of rotatable bonds is 20. The maximum absolute atomic E-state index is 12.7. The van der Waals surface area contributed by atoms with Crippen molar-refractivity contribution < 1.29 is 68.1 Å².